The van der Waals surface area contributed by atoms with E-state index in [-0.39, 0.29) is 19.8 Å². The monoisotopic (exact) mass is 293 g/mol. The molecule has 8 nitrogen and oxygen atoms in total. The lowest BCUT2D eigenvalue weighted by Crippen LogP contribution is -2.25. The van der Waals surface area contributed by atoms with Crippen LogP contribution in [0.5, 0.6) is 0 Å². The number of hydrogen-bond acceptors (Lipinski definition) is 6. The van der Waals surface area contributed by atoms with Crippen molar-refractivity contribution in [1.82, 2.24) is 4.72 Å². The summed E-state index contributed by atoms with van der Waals surface area (Å²) in [6.45, 7) is 0.543. The van der Waals surface area contributed by atoms with E-state index in [0.717, 1.165) is 12.1 Å². The maximum atomic E-state index is 11.7. The van der Waals surface area contributed by atoms with Gasteiger partial charge in [0, 0.05) is 13.2 Å². The second-order valence-corrected chi connectivity index (χ2v) is 5.21. The van der Waals surface area contributed by atoms with E-state index in [1.807, 2.05) is 0 Å². The number of carboxylic acids is 1. The van der Waals surface area contributed by atoms with Gasteiger partial charge in [-0.25, -0.2) is 17.9 Å². The van der Waals surface area contributed by atoms with Crippen molar-refractivity contribution in [2.45, 2.75) is 11.5 Å². The summed E-state index contributed by atoms with van der Waals surface area (Å²) in [5.74, 6) is -1.77. The summed E-state index contributed by atoms with van der Waals surface area (Å²) in [5.41, 5.74) is 0. The van der Waals surface area contributed by atoms with Gasteiger partial charge in [0.05, 0.1) is 13.2 Å². The number of aromatic carboxylic acids is 1. The fourth-order valence-corrected chi connectivity index (χ4v) is 2.20. The first-order valence-corrected chi connectivity index (χ1v) is 6.97. The molecule has 0 unspecified atom stereocenters. The zero-order chi connectivity index (χ0) is 14.3. The van der Waals surface area contributed by atoms with Crippen LogP contribution in [0.15, 0.2) is 21.6 Å². The molecule has 0 saturated heterocycles. The topological polar surface area (TPSA) is 126 Å². The lowest BCUT2D eigenvalue weighted by molar-refractivity contribution is 0.0656. The Labute approximate surface area is 110 Å². The van der Waals surface area contributed by atoms with E-state index in [4.69, 9.17) is 19.4 Å². The Morgan fingerprint density at radius 2 is 2.11 bits per heavy atom. The van der Waals surface area contributed by atoms with E-state index < -0.39 is 26.8 Å². The molecule has 0 aliphatic carbocycles. The van der Waals surface area contributed by atoms with Gasteiger partial charge in [-0.3, -0.25) is 0 Å². The first-order valence-electron chi connectivity index (χ1n) is 5.49. The molecule has 1 heterocycles. The van der Waals surface area contributed by atoms with Crippen LogP contribution in [0.1, 0.15) is 17.0 Å². The lowest BCUT2D eigenvalue weighted by Gasteiger charge is -2.04. The average molecular weight is 293 g/mol. The summed E-state index contributed by atoms with van der Waals surface area (Å²) < 4.78 is 35.2. The van der Waals surface area contributed by atoms with Crippen molar-refractivity contribution < 1.29 is 32.6 Å². The molecule has 0 aromatic carbocycles. The molecule has 0 bridgehead atoms. The minimum absolute atomic E-state index is 0.0872. The van der Waals surface area contributed by atoms with Crippen molar-refractivity contribution in [2.75, 3.05) is 26.4 Å². The maximum Gasteiger partial charge on any atom is 0.371 e. The fourth-order valence-electron chi connectivity index (χ4n) is 1.20. The van der Waals surface area contributed by atoms with Crippen LogP contribution < -0.4 is 4.72 Å². The zero-order valence-electron chi connectivity index (χ0n) is 10.0. The summed E-state index contributed by atoms with van der Waals surface area (Å²) in [6.07, 6.45) is 0.422. The molecule has 1 rings (SSSR count). The van der Waals surface area contributed by atoms with Crippen LogP contribution in [-0.2, 0) is 14.8 Å². The highest BCUT2D eigenvalue weighted by Gasteiger charge is 2.20. The van der Waals surface area contributed by atoms with Crippen LogP contribution in [-0.4, -0.2) is 51.0 Å². The smallest absolute Gasteiger partial charge is 0.371 e. The standard InChI is InChI=1S/C10H15NO7S/c12-5-7-17-6-1-4-11-19(15,16)9-3-2-8(18-9)10(13)14/h2-3,11-12H,1,4-7H2,(H,13,14). The van der Waals surface area contributed by atoms with Crippen LogP contribution in [0.2, 0.25) is 0 Å². The number of furan rings is 1. The Balaban J connectivity index is 2.44. The number of ether oxygens (including phenoxy) is 1. The Bertz CT molecular complexity index is 508. The van der Waals surface area contributed by atoms with Crippen LogP contribution >= 0.6 is 0 Å². The molecule has 19 heavy (non-hydrogen) atoms. The number of rotatable bonds is 9. The molecule has 0 aliphatic heterocycles. The maximum absolute atomic E-state index is 11.7. The third-order valence-corrected chi connectivity index (χ3v) is 3.38. The Morgan fingerprint density at radius 1 is 1.37 bits per heavy atom. The van der Waals surface area contributed by atoms with E-state index in [1.165, 1.54) is 0 Å². The molecule has 3 N–H and O–H groups in total. The van der Waals surface area contributed by atoms with Crippen molar-refractivity contribution in [3.05, 3.63) is 17.9 Å². The average Bonchev–Trinajstić information content (AvgIpc) is 2.84. The third-order valence-electron chi connectivity index (χ3n) is 2.05. The number of hydrogen-bond donors (Lipinski definition) is 3. The van der Waals surface area contributed by atoms with E-state index in [1.54, 1.807) is 0 Å². The molecule has 108 valence electrons. The molecule has 9 heteroatoms. The molecular formula is C10H15NO7S. The molecule has 0 aliphatic rings. The van der Waals surface area contributed by atoms with E-state index >= 15 is 0 Å². The number of carboxylic acid groups (broad SMARTS) is 1. The van der Waals surface area contributed by atoms with E-state index in [0.29, 0.717) is 13.0 Å². The lowest BCUT2D eigenvalue weighted by atomic mass is 10.5. The molecule has 0 saturated carbocycles. The summed E-state index contributed by atoms with van der Waals surface area (Å²) in [5, 5.41) is 16.6. The largest absolute Gasteiger partial charge is 0.475 e. The van der Waals surface area contributed by atoms with Gasteiger partial charge >= 0.3 is 5.97 Å². The van der Waals surface area contributed by atoms with E-state index in [2.05, 4.69) is 4.72 Å². The second-order valence-electron chi connectivity index (χ2n) is 3.51. The Morgan fingerprint density at radius 3 is 2.68 bits per heavy atom. The summed E-state index contributed by atoms with van der Waals surface area (Å²) >= 11 is 0. The first-order chi connectivity index (χ1) is 8.97. The van der Waals surface area contributed by atoms with Crippen LogP contribution in [0.3, 0.4) is 0 Å². The normalized spacial score (nSPS) is 11.6. The highest BCUT2D eigenvalue weighted by atomic mass is 32.2. The number of sulfonamides is 1. The zero-order valence-corrected chi connectivity index (χ0v) is 10.9. The number of carbonyl (C=O) groups is 1. The van der Waals surface area contributed by atoms with Gasteiger partial charge in [-0.1, -0.05) is 0 Å². The Kier molecular flexibility index (Phi) is 5.96. The molecule has 0 amide bonds. The Hall–Kier alpha value is -1.42. The van der Waals surface area contributed by atoms with Gasteiger partial charge in [-0.15, -0.1) is 0 Å². The van der Waals surface area contributed by atoms with Crippen molar-refractivity contribution in [3.63, 3.8) is 0 Å². The minimum atomic E-state index is -3.85. The highest BCUT2D eigenvalue weighted by Crippen LogP contribution is 2.13. The summed E-state index contributed by atoms with van der Waals surface area (Å²) in [6, 6.07) is 2.15. The number of aliphatic hydroxyl groups excluding tert-OH is 1. The van der Waals surface area contributed by atoms with Crippen LogP contribution in [0.4, 0.5) is 0 Å². The van der Waals surface area contributed by atoms with Crippen LogP contribution in [0.25, 0.3) is 0 Å². The SMILES string of the molecule is O=C(O)c1ccc(S(=O)(=O)NCCCOCCO)o1. The van der Waals surface area contributed by atoms with Gasteiger partial charge in [-0.2, -0.15) is 0 Å². The predicted molar refractivity (Wildman–Crippen MR) is 63.4 cm³/mol. The number of nitrogens with one attached hydrogen (secondary N) is 1. The first kappa shape index (κ1) is 15.6. The molecule has 0 atom stereocenters. The number of aliphatic hydroxyl groups is 1. The van der Waals surface area contributed by atoms with Crippen molar-refractivity contribution in [3.8, 4) is 0 Å². The van der Waals surface area contributed by atoms with Gasteiger partial charge in [0.15, 0.2) is 0 Å². The van der Waals surface area contributed by atoms with Crippen molar-refractivity contribution in [2.24, 2.45) is 0 Å². The van der Waals surface area contributed by atoms with Crippen LogP contribution in [0, 0.1) is 0 Å². The second kappa shape index (κ2) is 7.24. The summed E-state index contributed by atoms with van der Waals surface area (Å²) in [7, 11) is -3.85. The molecule has 0 spiro atoms. The fraction of sp³-hybridized carbons (Fsp3) is 0.500. The van der Waals surface area contributed by atoms with E-state index in [9.17, 15) is 13.2 Å². The predicted octanol–water partition coefficient (Wildman–Crippen LogP) is -0.345. The van der Waals surface area contributed by atoms with Crippen molar-refractivity contribution in [1.29, 1.82) is 0 Å². The quantitative estimate of drug-likeness (QED) is 0.531. The molecule has 0 radical (unpaired) electrons. The molecule has 0 fully saturated rings. The molecule has 1 aromatic heterocycles. The van der Waals surface area contributed by atoms with Gasteiger partial charge < -0.3 is 19.4 Å². The third kappa shape index (κ3) is 4.99. The minimum Gasteiger partial charge on any atom is -0.475 e. The van der Waals surface area contributed by atoms with Gasteiger partial charge in [-0.05, 0) is 18.6 Å². The van der Waals surface area contributed by atoms with Gasteiger partial charge in [0.25, 0.3) is 10.0 Å². The van der Waals surface area contributed by atoms with Crippen molar-refractivity contribution >= 4 is 16.0 Å². The summed E-state index contributed by atoms with van der Waals surface area (Å²) in [4.78, 5) is 10.6. The molecule has 1 aromatic rings. The molecular weight excluding hydrogens is 278 g/mol. The van der Waals surface area contributed by atoms with Gasteiger partial charge in [0.2, 0.25) is 10.9 Å². The highest BCUT2D eigenvalue weighted by molar-refractivity contribution is 7.89. The van der Waals surface area contributed by atoms with Gasteiger partial charge in [0.1, 0.15) is 0 Å².